The third-order valence-corrected chi connectivity index (χ3v) is 5.11. The highest BCUT2D eigenvalue weighted by atomic mass is 35.5. The molecule has 0 fully saturated rings. The topological polar surface area (TPSA) is 74.3 Å². The van der Waals surface area contributed by atoms with Gasteiger partial charge in [-0.2, -0.15) is 4.98 Å². The van der Waals surface area contributed by atoms with E-state index in [0.29, 0.717) is 53.9 Å². The molecule has 0 saturated carbocycles. The molecule has 0 amide bonds. The van der Waals surface area contributed by atoms with Crippen LogP contribution in [0.2, 0.25) is 5.02 Å². The van der Waals surface area contributed by atoms with E-state index in [-0.39, 0.29) is 11.2 Å². The molecule has 0 aliphatic carbocycles. The van der Waals surface area contributed by atoms with Crippen LogP contribution in [-0.4, -0.2) is 32.3 Å². The van der Waals surface area contributed by atoms with Crippen molar-refractivity contribution in [2.75, 3.05) is 18.6 Å². The summed E-state index contributed by atoms with van der Waals surface area (Å²) in [5.74, 6) is 1.27. The minimum atomic E-state index is -0.349. The highest BCUT2D eigenvalue weighted by molar-refractivity contribution is 6.31. The second kappa shape index (κ2) is 6.45. The van der Waals surface area contributed by atoms with Crippen molar-refractivity contribution >= 4 is 34.4 Å². The zero-order valence-corrected chi connectivity index (χ0v) is 16.2. The monoisotopic (exact) mass is 389 g/mol. The van der Waals surface area contributed by atoms with Crippen LogP contribution in [0.5, 0.6) is 5.75 Å². The van der Waals surface area contributed by atoms with Gasteiger partial charge in [0.15, 0.2) is 11.2 Å². The van der Waals surface area contributed by atoms with E-state index >= 15 is 0 Å². The van der Waals surface area contributed by atoms with Crippen molar-refractivity contribution in [3.8, 4) is 5.75 Å². The van der Waals surface area contributed by atoms with Gasteiger partial charge in [0.1, 0.15) is 5.75 Å². The molecular formula is C18H20ClN5O3. The molecule has 0 unspecified atom stereocenters. The van der Waals surface area contributed by atoms with Crippen LogP contribution in [0, 0.1) is 0 Å². The van der Waals surface area contributed by atoms with E-state index < -0.39 is 0 Å². The number of halogens is 1. The molecule has 3 aromatic rings. The average molecular weight is 390 g/mol. The van der Waals surface area contributed by atoms with Gasteiger partial charge in [-0.25, -0.2) is 4.79 Å². The van der Waals surface area contributed by atoms with E-state index in [1.807, 2.05) is 22.5 Å². The maximum atomic E-state index is 13.0. The molecule has 0 spiro atoms. The third kappa shape index (κ3) is 2.55. The molecule has 0 N–H and O–H groups in total. The standard InChI is InChI=1S/C18H20ClN5O3/c1-4-7-24-16(25)14-15(21(2)18(24)26)20-17-22(8-9-23(14)17)12-10-11(19)5-6-13(12)27-3/h5-6,10H,4,7-9H2,1-3H3. The minimum Gasteiger partial charge on any atom is -0.495 e. The van der Waals surface area contributed by atoms with Crippen molar-refractivity contribution in [2.24, 2.45) is 7.05 Å². The molecule has 2 aromatic heterocycles. The summed E-state index contributed by atoms with van der Waals surface area (Å²) in [5, 5.41) is 0.582. The summed E-state index contributed by atoms with van der Waals surface area (Å²) >= 11 is 6.18. The van der Waals surface area contributed by atoms with Crippen molar-refractivity contribution in [1.29, 1.82) is 0 Å². The number of benzene rings is 1. The lowest BCUT2D eigenvalue weighted by Gasteiger charge is -2.19. The number of fused-ring (bicyclic) bond motifs is 3. The van der Waals surface area contributed by atoms with Gasteiger partial charge in [-0.1, -0.05) is 18.5 Å². The number of imidazole rings is 1. The molecule has 1 aromatic carbocycles. The van der Waals surface area contributed by atoms with Gasteiger partial charge in [-0.05, 0) is 24.6 Å². The fraction of sp³-hybridized carbons (Fsp3) is 0.389. The van der Waals surface area contributed by atoms with Gasteiger partial charge in [0, 0.05) is 31.7 Å². The van der Waals surface area contributed by atoms with E-state index in [2.05, 4.69) is 4.98 Å². The molecule has 0 atom stereocenters. The maximum absolute atomic E-state index is 13.0. The largest absolute Gasteiger partial charge is 0.495 e. The van der Waals surface area contributed by atoms with Gasteiger partial charge in [0.05, 0.1) is 12.8 Å². The summed E-state index contributed by atoms with van der Waals surface area (Å²) in [6.07, 6.45) is 0.702. The number of anilines is 2. The lowest BCUT2D eigenvalue weighted by molar-refractivity contribution is 0.415. The first-order valence-electron chi connectivity index (χ1n) is 8.79. The zero-order valence-electron chi connectivity index (χ0n) is 15.4. The zero-order chi connectivity index (χ0) is 19.3. The Morgan fingerprint density at radius 3 is 2.74 bits per heavy atom. The first kappa shape index (κ1) is 17.7. The van der Waals surface area contributed by atoms with Gasteiger partial charge < -0.3 is 14.2 Å². The van der Waals surface area contributed by atoms with Crippen molar-refractivity contribution < 1.29 is 4.74 Å². The Morgan fingerprint density at radius 2 is 2.04 bits per heavy atom. The smallest absolute Gasteiger partial charge is 0.332 e. The van der Waals surface area contributed by atoms with Crippen LogP contribution >= 0.6 is 11.6 Å². The van der Waals surface area contributed by atoms with Crippen LogP contribution in [0.25, 0.3) is 11.2 Å². The predicted molar refractivity (Wildman–Crippen MR) is 105 cm³/mol. The van der Waals surface area contributed by atoms with Crippen molar-refractivity contribution in [2.45, 2.75) is 26.4 Å². The first-order chi connectivity index (χ1) is 13.0. The van der Waals surface area contributed by atoms with Gasteiger partial charge in [-0.15, -0.1) is 0 Å². The summed E-state index contributed by atoms with van der Waals surface area (Å²) in [4.78, 5) is 32.1. The Labute approximate surface area is 160 Å². The molecule has 27 heavy (non-hydrogen) atoms. The molecule has 9 heteroatoms. The molecule has 1 aliphatic rings. The van der Waals surface area contributed by atoms with E-state index in [0.717, 1.165) is 5.69 Å². The molecule has 0 bridgehead atoms. The van der Waals surface area contributed by atoms with Crippen LogP contribution in [0.4, 0.5) is 11.6 Å². The van der Waals surface area contributed by atoms with Crippen molar-refractivity contribution in [3.05, 3.63) is 44.1 Å². The second-order valence-electron chi connectivity index (χ2n) is 6.50. The number of hydrogen-bond acceptors (Lipinski definition) is 5. The number of aryl methyl sites for hydroxylation is 1. The SMILES string of the molecule is CCCn1c(=O)c2c(nc3n2CCN3c2cc(Cl)ccc2OC)n(C)c1=O. The van der Waals surface area contributed by atoms with Gasteiger partial charge in [0.2, 0.25) is 5.95 Å². The molecule has 8 nitrogen and oxygen atoms in total. The van der Waals surface area contributed by atoms with Gasteiger partial charge >= 0.3 is 5.69 Å². The Kier molecular flexibility index (Phi) is 4.22. The molecule has 4 rings (SSSR count). The third-order valence-electron chi connectivity index (χ3n) is 4.88. The van der Waals surface area contributed by atoms with E-state index in [9.17, 15) is 9.59 Å². The van der Waals surface area contributed by atoms with Crippen LogP contribution in [0.3, 0.4) is 0 Å². The highest BCUT2D eigenvalue weighted by Gasteiger charge is 2.30. The molecule has 0 saturated heterocycles. The summed E-state index contributed by atoms with van der Waals surface area (Å²) in [5.41, 5.74) is 0.964. The summed E-state index contributed by atoms with van der Waals surface area (Å²) in [6.45, 7) is 3.53. The van der Waals surface area contributed by atoms with Crippen LogP contribution in [-0.2, 0) is 20.1 Å². The Hall–Kier alpha value is -2.74. The minimum absolute atomic E-state index is 0.298. The van der Waals surface area contributed by atoms with Crippen LogP contribution in [0.1, 0.15) is 13.3 Å². The Bertz CT molecular complexity index is 1160. The fourth-order valence-electron chi connectivity index (χ4n) is 3.60. The fourth-order valence-corrected chi connectivity index (χ4v) is 3.77. The van der Waals surface area contributed by atoms with E-state index in [1.165, 1.54) is 9.13 Å². The lowest BCUT2D eigenvalue weighted by atomic mass is 10.2. The van der Waals surface area contributed by atoms with Crippen molar-refractivity contribution in [1.82, 2.24) is 18.7 Å². The molecule has 0 radical (unpaired) electrons. The average Bonchev–Trinajstić information content (AvgIpc) is 3.22. The number of nitrogens with zero attached hydrogens (tertiary/aromatic N) is 5. The number of ether oxygens (including phenoxy) is 1. The number of rotatable bonds is 4. The predicted octanol–water partition coefficient (Wildman–Crippen LogP) is 2.12. The number of methoxy groups -OCH3 is 1. The normalized spacial score (nSPS) is 13.4. The Balaban J connectivity index is 1.97. The number of aromatic nitrogens is 4. The maximum Gasteiger partial charge on any atom is 0.332 e. The number of hydrogen-bond donors (Lipinski definition) is 0. The molecular weight excluding hydrogens is 370 g/mol. The molecule has 3 heterocycles. The van der Waals surface area contributed by atoms with Crippen molar-refractivity contribution in [3.63, 3.8) is 0 Å². The first-order valence-corrected chi connectivity index (χ1v) is 9.16. The van der Waals surface area contributed by atoms with E-state index in [1.54, 1.807) is 26.3 Å². The van der Waals surface area contributed by atoms with Crippen LogP contribution < -0.4 is 20.9 Å². The molecule has 1 aliphatic heterocycles. The second-order valence-corrected chi connectivity index (χ2v) is 6.94. The van der Waals surface area contributed by atoms with Gasteiger partial charge in [-0.3, -0.25) is 13.9 Å². The quantitative estimate of drug-likeness (QED) is 0.683. The summed E-state index contributed by atoms with van der Waals surface area (Å²) in [6, 6.07) is 5.37. The van der Waals surface area contributed by atoms with Crippen LogP contribution in [0.15, 0.2) is 27.8 Å². The molecule has 142 valence electrons. The Morgan fingerprint density at radius 1 is 1.26 bits per heavy atom. The summed E-state index contributed by atoms with van der Waals surface area (Å²) in [7, 11) is 3.24. The summed E-state index contributed by atoms with van der Waals surface area (Å²) < 4.78 is 10.0. The van der Waals surface area contributed by atoms with Gasteiger partial charge in [0.25, 0.3) is 5.56 Å². The van der Waals surface area contributed by atoms with E-state index in [4.69, 9.17) is 16.3 Å². The lowest BCUT2D eigenvalue weighted by Crippen LogP contribution is -2.39. The highest BCUT2D eigenvalue weighted by Crippen LogP contribution is 2.38.